The number of carboxylic acids is 1. The van der Waals surface area contributed by atoms with Crippen molar-refractivity contribution in [3.63, 3.8) is 0 Å². The number of rotatable bonds is 6. The van der Waals surface area contributed by atoms with Gasteiger partial charge in [0.25, 0.3) is 5.91 Å². The number of hydrogen-bond donors (Lipinski definition) is 2. The number of aromatic carboxylic acids is 1. The van der Waals surface area contributed by atoms with Gasteiger partial charge in [-0.05, 0) is 32.0 Å². The van der Waals surface area contributed by atoms with Crippen molar-refractivity contribution in [3.8, 4) is 0 Å². The predicted octanol–water partition coefficient (Wildman–Crippen LogP) is 1.38. The summed E-state index contributed by atoms with van der Waals surface area (Å²) in [7, 11) is 2.09. The quantitative estimate of drug-likeness (QED) is 0.827. The van der Waals surface area contributed by atoms with Gasteiger partial charge in [0.1, 0.15) is 5.69 Å². The largest absolute Gasteiger partial charge is 0.477 e. The summed E-state index contributed by atoms with van der Waals surface area (Å²) in [6, 6.07) is 3.45. The van der Waals surface area contributed by atoms with Crippen LogP contribution in [0.5, 0.6) is 0 Å². The van der Waals surface area contributed by atoms with Crippen LogP contribution in [0.2, 0.25) is 0 Å². The van der Waals surface area contributed by atoms with E-state index in [1.54, 1.807) is 0 Å². The van der Waals surface area contributed by atoms with Gasteiger partial charge >= 0.3 is 5.97 Å². The molecule has 0 bridgehead atoms. The monoisotopic (exact) mass is 291 g/mol. The molecule has 1 aliphatic carbocycles. The van der Waals surface area contributed by atoms with Crippen LogP contribution in [0.4, 0.5) is 0 Å². The molecule has 1 aliphatic rings. The van der Waals surface area contributed by atoms with Gasteiger partial charge in [-0.15, -0.1) is 0 Å². The normalized spacial score (nSPS) is 15.3. The second kappa shape index (κ2) is 7.17. The molecule has 0 radical (unpaired) electrons. The Balaban J connectivity index is 1.77. The van der Waals surface area contributed by atoms with E-state index in [2.05, 4.69) is 22.2 Å². The van der Waals surface area contributed by atoms with Crippen molar-refractivity contribution in [2.45, 2.75) is 31.7 Å². The van der Waals surface area contributed by atoms with E-state index < -0.39 is 5.97 Å². The number of nitrogens with one attached hydrogen (secondary N) is 1. The van der Waals surface area contributed by atoms with Crippen molar-refractivity contribution in [1.82, 2.24) is 15.2 Å². The average Bonchev–Trinajstić information content (AvgIpc) is 3.01. The van der Waals surface area contributed by atoms with E-state index in [0.29, 0.717) is 18.2 Å². The summed E-state index contributed by atoms with van der Waals surface area (Å²) in [4.78, 5) is 28.6. The van der Waals surface area contributed by atoms with Crippen molar-refractivity contribution in [1.29, 1.82) is 0 Å². The van der Waals surface area contributed by atoms with E-state index >= 15 is 0 Å². The minimum Gasteiger partial charge on any atom is -0.477 e. The highest BCUT2D eigenvalue weighted by Gasteiger charge is 2.19. The topological polar surface area (TPSA) is 82.5 Å². The fourth-order valence-electron chi connectivity index (χ4n) is 2.63. The number of carbonyl (C=O) groups excluding carboxylic acids is 1. The summed E-state index contributed by atoms with van der Waals surface area (Å²) in [6.45, 7) is 1.39. The Morgan fingerprint density at radius 2 is 2.10 bits per heavy atom. The zero-order valence-electron chi connectivity index (χ0n) is 12.2. The van der Waals surface area contributed by atoms with E-state index in [4.69, 9.17) is 5.11 Å². The first kappa shape index (κ1) is 15.4. The number of aromatic nitrogens is 1. The maximum Gasteiger partial charge on any atom is 0.354 e. The van der Waals surface area contributed by atoms with Crippen molar-refractivity contribution >= 4 is 11.9 Å². The number of carboxylic acid groups (broad SMARTS) is 1. The number of carbonyl (C=O) groups is 2. The summed E-state index contributed by atoms with van der Waals surface area (Å²) in [5, 5.41) is 11.6. The maximum atomic E-state index is 11.9. The molecule has 6 nitrogen and oxygen atoms in total. The smallest absolute Gasteiger partial charge is 0.354 e. The van der Waals surface area contributed by atoms with Gasteiger partial charge in [0.05, 0.1) is 5.56 Å². The van der Waals surface area contributed by atoms with Crippen molar-refractivity contribution < 1.29 is 14.7 Å². The number of pyridine rings is 1. The molecular formula is C15H21N3O3. The zero-order chi connectivity index (χ0) is 15.2. The van der Waals surface area contributed by atoms with E-state index in [0.717, 1.165) is 6.54 Å². The van der Waals surface area contributed by atoms with Crippen LogP contribution in [0.1, 0.15) is 46.5 Å². The summed E-state index contributed by atoms with van der Waals surface area (Å²) < 4.78 is 0. The van der Waals surface area contributed by atoms with E-state index in [1.165, 1.54) is 44.0 Å². The second-order valence-corrected chi connectivity index (χ2v) is 5.41. The number of amides is 1. The SMILES string of the molecule is CN(CCNC(=O)c1ccc(C(=O)O)nc1)C1CCCC1. The van der Waals surface area contributed by atoms with Gasteiger partial charge in [0.2, 0.25) is 0 Å². The molecule has 0 atom stereocenters. The molecule has 1 aromatic heterocycles. The minimum absolute atomic E-state index is 0.0625. The molecule has 0 spiro atoms. The van der Waals surface area contributed by atoms with Crippen LogP contribution in [-0.4, -0.2) is 53.0 Å². The fraction of sp³-hybridized carbons (Fsp3) is 0.533. The molecule has 2 N–H and O–H groups in total. The van der Waals surface area contributed by atoms with Gasteiger partial charge in [-0.3, -0.25) is 4.79 Å². The van der Waals surface area contributed by atoms with E-state index in [9.17, 15) is 9.59 Å². The third-order valence-electron chi connectivity index (χ3n) is 3.94. The van der Waals surface area contributed by atoms with Crippen LogP contribution >= 0.6 is 0 Å². The molecule has 1 fully saturated rings. The molecule has 6 heteroatoms. The van der Waals surface area contributed by atoms with Crippen LogP contribution < -0.4 is 5.32 Å². The molecule has 1 heterocycles. The number of likely N-dealkylation sites (N-methyl/N-ethyl adjacent to an activating group) is 1. The van der Waals surface area contributed by atoms with Crippen LogP contribution in [0.25, 0.3) is 0 Å². The van der Waals surface area contributed by atoms with Gasteiger partial charge in [-0.25, -0.2) is 9.78 Å². The molecule has 1 aromatic rings. The Morgan fingerprint density at radius 3 is 2.67 bits per heavy atom. The summed E-state index contributed by atoms with van der Waals surface area (Å²) >= 11 is 0. The first-order valence-electron chi connectivity index (χ1n) is 7.25. The standard InChI is InChI=1S/C15H21N3O3/c1-18(12-4-2-3-5-12)9-8-16-14(19)11-6-7-13(15(20)21)17-10-11/h6-7,10,12H,2-5,8-9H2,1H3,(H,16,19)(H,20,21). The Bertz CT molecular complexity index is 495. The number of nitrogens with zero attached hydrogens (tertiary/aromatic N) is 2. The van der Waals surface area contributed by atoms with E-state index in [-0.39, 0.29) is 11.6 Å². The summed E-state index contributed by atoms with van der Waals surface area (Å²) in [5.41, 5.74) is 0.316. The molecule has 114 valence electrons. The van der Waals surface area contributed by atoms with Crippen LogP contribution in [0, 0.1) is 0 Å². The van der Waals surface area contributed by atoms with Crippen molar-refractivity contribution in [2.24, 2.45) is 0 Å². The summed E-state index contributed by atoms with van der Waals surface area (Å²) in [6.07, 6.45) is 6.36. The van der Waals surface area contributed by atoms with Gasteiger partial charge in [-0.1, -0.05) is 12.8 Å². The minimum atomic E-state index is -1.10. The first-order valence-corrected chi connectivity index (χ1v) is 7.25. The lowest BCUT2D eigenvalue weighted by Gasteiger charge is -2.23. The third-order valence-corrected chi connectivity index (χ3v) is 3.94. The Labute approximate surface area is 124 Å². The van der Waals surface area contributed by atoms with Gasteiger partial charge in [0.15, 0.2) is 0 Å². The van der Waals surface area contributed by atoms with Gasteiger partial charge in [0, 0.05) is 25.3 Å². The van der Waals surface area contributed by atoms with Gasteiger partial charge in [-0.2, -0.15) is 0 Å². The highest BCUT2D eigenvalue weighted by atomic mass is 16.4. The molecular weight excluding hydrogens is 270 g/mol. The third kappa shape index (κ3) is 4.26. The lowest BCUT2D eigenvalue weighted by molar-refractivity contribution is 0.0689. The van der Waals surface area contributed by atoms with Crippen LogP contribution in [-0.2, 0) is 0 Å². The highest BCUT2D eigenvalue weighted by molar-refractivity contribution is 5.94. The zero-order valence-corrected chi connectivity index (χ0v) is 12.2. The lowest BCUT2D eigenvalue weighted by Crippen LogP contribution is -2.37. The van der Waals surface area contributed by atoms with Crippen LogP contribution in [0.3, 0.4) is 0 Å². The van der Waals surface area contributed by atoms with Gasteiger partial charge < -0.3 is 15.3 Å². The maximum absolute atomic E-state index is 11.9. The van der Waals surface area contributed by atoms with E-state index in [1.807, 2.05) is 0 Å². The molecule has 0 saturated heterocycles. The molecule has 21 heavy (non-hydrogen) atoms. The average molecular weight is 291 g/mol. The molecule has 0 unspecified atom stereocenters. The number of hydrogen-bond acceptors (Lipinski definition) is 4. The molecule has 1 amide bonds. The molecule has 0 aliphatic heterocycles. The molecule has 1 saturated carbocycles. The Hall–Kier alpha value is -1.95. The summed E-state index contributed by atoms with van der Waals surface area (Å²) in [5.74, 6) is -1.32. The fourth-order valence-corrected chi connectivity index (χ4v) is 2.63. The molecule has 2 rings (SSSR count). The second-order valence-electron chi connectivity index (χ2n) is 5.41. The van der Waals surface area contributed by atoms with Crippen LogP contribution in [0.15, 0.2) is 18.3 Å². The predicted molar refractivity (Wildman–Crippen MR) is 78.4 cm³/mol. The molecule has 0 aromatic carbocycles. The highest BCUT2D eigenvalue weighted by Crippen LogP contribution is 2.21. The van der Waals surface area contributed by atoms with Crippen molar-refractivity contribution in [3.05, 3.63) is 29.6 Å². The Kier molecular flexibility index (Phi) is 5.27. The van der Waals surface area contributed by atoms with Crippen molar-refractivity contribution in [2.75, 3.05) is 20.1 Å². The first-order chi connectivity index (χ1) is 10.1. The Morgan fingerprint density at radius 1 is 1.38 bits per heavy atom. The lowest BCUT2D eigenvalue weighted by atomic mass is 10.2.